The van der Waals surface area contributed by atoms with Crippen LogP contribution in [-0.4, -0.2) is 17.5 Å². The molecule has 0 atom stereocenters. The van der Waals surface area contributed by atoms with Gasteiger partial charge in [0.15, 0.2) is 5.78 Å². The van der Waals surface area contributed by atoms with Crippen molar-refractivity contribution in [3.63, 3.8) is 0 Å². The van der Waals surface area contributed by atoms with Gasteiger partial charge in [0.2, 0.25) is 0 Å². The average Bonchev–Trinajstić information content (AvgIpc) is 2.69. The van der Waals surface area contributed by atoms with Crippen LogP contribution in [0.15, 0.2) is 69.3 Å². The Kier molecular flexibility index (Phi) is 5.99. The molecular weight excluding hydrogens is 377 g/mol. The van der Waals surface area contributed by atoms with Gasteiger partial charge in [-0.1, -0.05) is 23.9 Å². The number of benzene rings is 2. The van der Waals surface area contributed by atoms with Crippen LogP contribution in [0.1, 0.15) is 28.4 Å². The largest absolute Gasteiger partial charge is 0.497 e. The summed E-state index contributed by atoms with van der Waals surface area (Å²) in [7, 11) is 1.59. The molecule has 1 heterocycles. The molecule has 0 aliphatic rings. The highest BCUT2D eigenvalue weighted by molar-refractivity contribution is 7.99. The highest BCUT2D eigenvalue weighted by Gasteiger charge is 2.17. The van der Waals surface area contributed by atoms with Gasteiger partial charge in [-0.3, -0.25) is 9.59 Å². The first kappa shape index (κ1) is 19.9. The summed E-state index contributed by atoms with van der Waals surface area (Å²) in [6.07, 6.45) is 1.61. The fourth-order valence-electron chi connectivity index (χ4n) is 2.87. The molecule has 3 rings (SSSR count). The van der Waals surface area contributed by atoms with E-state index in [1.807, 2.05) is 24.3 Å². The number of carbonyl (C=O) groups excluding carboxylic acids is 1. The molecule has 0 unspecified atom stereocenters. The maximum Gasteiger partial charge on any atom is 0.265 e. The van der Waals surface area contributed by atoms with E-state index >= 15 is 0 Å². The maximum absolute atomic E-state index is 13.2. The van der Waals surface area contributed by atoms with Gasteiger partial charge in [-0.2, -0.15) is 0 Å². The van der Waals surface area contributed by atoms with E-state index in [0.717, 1.165) is 16.2 Å². The van der Waals surface area contributed by atoms with E-state index in [4.69, 9.17) is 4.74 Å². The van der Waals surface area contributed by atoms with E-state index in [0.29, 0.717) is 22.6 Å². The number of ketones is 1. The number of halogens is 1. The SMILES string of the molecule is COc1ccc(Cn2cc(C(C)=O)c(C)c(Sc3ccc(F)cc3)c2=O)cc1. The minimum atomic E-state index is -0.338. The number of ether oxygens (including phenoxy) is 1. The Morgan fingerprint density at radius 1 is 1.11 bits per heavy atom. The van der Waals surface area contributed by atoms with Crippen molar-refractivity contribution >= 4 is 17.5 Å². The maximum atomic E-state index is 13.2. The highest BCUT2D eigenvalue weighted by atomic mass is 32.2. The topological polar surface area (TPSA) is 48.3 Å². The van der Waals surface area contributed by atoms with Gasteiger partial charge in [-0.15, -0.1) is 0 Å². The van der Waals surface area contributed by atoms with Crippen LogP contribution < -0.4 is 10.3 Å². The molecule has 4 nitrogen and oxygen atoms in total. The van der Waals surface area contributed by atoms with Crippen LogP contribution in [0.3, 0.4) is 0 Å². The lowest BCUT2D eigenvalue weighted by Crippen LogP contribution is -2.25. The summed E-state index contributed by atoms with van der Waals surface area (Å²) in [4.78, 5) is 26.4. The second-order valence-corrected chi connectivity index (χ2v) is 7.47. The average molecular weight is 397 g/mol. The molecule has 0 N–H and O–H groups in total. The molecule has 3 aromatic rings. The lowest BCUT2D eigenvalue weighted by molar-refractivity contribution is 0.101. The molecule has 2 aromatic carbocycles. The van der Waals surface area contributed by atoms with Crippen molar-refractivity contribution < 1.29 is 13.9 Å². The fourth-order valence-corrected chi connectivity index (χ4v) is 3.84. The Labute approximate surface area is 167 Å². The number of rotatable bonds is 6. The summed E-state index contributed by atoms with van der Waals surface area (Å²) in [5.41, 5.74) is 1.86. The van der Waals surface area contributed by atoms with Crippen molar-refractivity contribution in [1.82, 2.24) is 4.57 Å². The third-order valence-corrected chi connectivity index (χ3v) is 5.60. The fraction of sp³-hybridized carbons (Fsp3) is 0.182. The third kappa shape index (κ3) is 4.34. The molecule has 0 amide bonds. The molecule has 6 heteroatoms. The zero-order chi connectivity index (χ0) is 20.3. The summed E-state index contributed by atoms with van der Waals surface area (Å²) >= 11 is 1.24. The summed E-state index contributed by atoms with van der Waals surface area (Å²) in [6.45, 7) is 3.58. The summed E-state index contributed by atoms with van der Waals surface area (Å²) in [5.74, 6) is 0.286. The Morgan fingerprint density at radius 2 is 1.75 bits per heavy atom. The number of carbonyl (C=O) groups is 1. The number of pyridine rings is 1. The molecule has 0 fully saturated rings. The smallest absolute Gasteiger partial charge is 0.265 e. The van der Waals surface area contributed by atoms with Crippen molar-refractivity contribution in [1.29, 1.82) is 0 Å². The van der Waals surface area contributed by atoms with E-state index in [9.17, 15) is 14.0 Å². The monoisotopic (exact) mass is 397 g/mol. The quantitative estimate of drug-likeness (QED) is 0.566. The lowest BCUT2D eigenvalue weighted by atomic mass is 10.1. The second kappa shape index (κ2) is 8.44. The first-order valence-electron chi connectivity index (χ1n) is 8.70. The first-order valence-corrected chi connectivity index (χ1v) is 9.52. The summed E-state index contributed by atoms with van der Waals surface area (Å²) < 4.78 is 19.9. The molecule has 1 aromatic heterocycles. The van der Waals surface area contributed by atoms with Gasteiger partial charge in [-0.05, 0) is 61.4 Å². The van der Waals surface area contributed by atoms with Gasteiger partial charge < -0.3 is 9.30 Å². The van der Waals surface area contributed by atoms with Gasteiger partial charge in [0.1, 0.15) is 11.6 Å². The summed E-state index contributed by atoms with van der Waals surface area (Å²) in [5, 5.41) is 0. The Hall–Kier alpha value is -2.86. The van der Waals surface area contributed by atoms with Crippen LogP contribution in [0.2, 0.25) is 0 Å². The molecule has 0 radical (unpaired) electrons. The van der Waals surface area contributed by atoms with Gasteiger partial charge in [0.25, 0.3) is 5.56 Å². The van der Waals surface area contributed by atoms with Crippen molar-refractivity contribution in [2.75, 3.05) is 7.11 Å². The Balaban J connectivity index is 2.04. The number of hydrogen-bond donors (Lipinski definition) is 0. The lowest BCUT2D eigenvalue weighted by Gasteiger charge is -2.14. The molecule has 0 aliphatic heterocycles. The van der Waals surface area contributed by atoms with Crippen LogP contribution in [0.5, 0.6) is 5.75 Å². The van der Waals surface area contributed by atoms with Gasteiger partial charge in [-0.25, -0.2) is 4.39 Å². The minimum absolute atomic E-state index is 0.109. The minimum Gasteiger partial charge on any atom is -0.497 e. The number of hydrogen-bond acceptors (Lipinski definition) is 4. The van der Waals surface area contributed by atoms with E-state index in [2.05, 4.69) is 0 Å². The molecule has 0 aliphatic carbocycles. The van der Waals surface area contributed by atoms with Gasteiger partial charge in [0.05, 0.1) is 18.6 Å². The van der Waals surface area contributed by atoms with Gasteiger partial charge in [0, 0.05) is 16.7 Å². The molecule has 0 bridgehead atoms. The van der Waals surface area contributed by atoms with Crippen LogP contribution in [0.25, 0.3) is 0 Å². The van der Waals surface area contributed by atoms with Crippen LogP contribution >= 0.6 is 11.8 Å². The first-order chi connectivity index (χ1) is 13.4. The normalized spacial score (nSPS) is 10.7. The van der Waals surface area contributed by atoms with Crippen molar-refractivity contribution in [3.8, 4) is 5.75 Å². The molecule has 144 valence electrons. The highest BCUT2D eigenvalue weighted by Crippen LogP contribution is 2.29. The molecule has 0 saturated heterocycles. The van der Waals surface area contributed by atoms with E-state index < -0.39 is 0 Å². The van der Waals surface area contributed by atoms with Gasteiger partial charge >= 0.3 is 0 Å². The zero-order valence-corrected chi connectivity index (χ0v) is 16.7. The molecular formula is C22H20FNO3S. The predicted octanol–water partition coefficient (Wildman–Crippen LogP) is 4.71. The van der Waals surface area contributed by atoms with Crippen molar-refractivity contribution in [3.05, 3.63) is 87.6 Å². The standard InChI is InChI=1S/C22H20FNO3S/c1-14-20(15(2)25)13-24(12-16-4-8-18(27-3)9-5-16)22(26)21(14)28-19-10-6-17(23)7-11-19/h4-11,13H,12H2,1-3H3. The number of Topliss-reactive ketones (excluding diaryl/α,β-unsaturated/α-hetero) is 1. The predicted molar refractivity (Wildman–Crippen MR) is 108 cm³/mol. The molecule has 0 saturated carbocycles. The van der Waals surface area contributed by atoms with E-state index in [1.54, 1.807) is 32.4 Å². The molecule has 0 spiro atoms. The van der Waals surface area contributed by atoms with Crippen LogP contribution in [0.4, 0.5) is 4.39 Å². The number of methoxy groups -OCH3 is 1. The third-order valence-electron chi connectivity index (χ3n) is 4.41. The Bertz CT molecular complexity index is 1060. The van der Waals surface area contributed by atoms with Crippen molar-refractivity contribution in [2.45, 2.75) is 30.2 Å². The van der Waals surface area contributed by atoms with Crippen molar-refractivity contribution in [2.24, 2.45) is 0 Å². The summed E-state index contributed by atoms with van der Waals surface area (Å²) in [6, 6.07) is 13.4. The zero-order valence-electron chi connectivity index (χ0n) is 15.9. The number of aromatic nitrogens is 1. The van der Waals surface area contributed by atoms with E-state index in [-0.39, 0.29) is 17.2 Å². The number of nitrogens with zero attached hydrogens (tertiary/aromatic N) is 1. The van der Waals surface area contributed by atoms with Crippen LogP contribution in [-0.2, 0) is 6.54 Å². The van der Waals surface area contributed by atoms with E-state index in [1.165, 1.54) is 35.4 Å². The second-order valence-electron chi connectivity index (χ2n) is 6.39. The Morgan fingerprint density at radius 3 is 2.32 bits per heavy atom. The molecule has 28 heavy (non-hydrogen) atoms. The van der Waals surface area contributed by atoms with Crippen LogP contribution in [0, 0.1) is 12.7 Å².